The van der Waals surface area contributed by atoms with Gasteiger partial charge in [0.2, 0.25) is 0 Å². The number of hydrogen-bond acceptors (Lipinski definition) is 7. The number of halogens is 4. The Morgan fingerprint density at radius 2 is 2.12 bits per heavy atom. The third kappa shape index (κ3) is 5.39. The molecule has 2 unspecified atom stereocenters. The normalized spacial score (nSPS) is 17.7. The molecule has 2 atom stereocenters. The maximum Gasteiger partial charge on any atom is 0.331 e. The summed E-state index contributed by atoms with van der Waals surface area (Å²) in [6.45, 7) is -0.593. The lowest BCUT2D eigenvalue weighted by Gasteiger charge is -2.23. The second-order valence-corrected chi connectivity index (χ2v) is 11.7. The van der Waals surface area contributed by atoms with Crippen LogP contribution in [0.1, 0.15) is 58.8 Å². The highest BCUT2D eigenvalue weighted by atomic mass is 32.1. The number of carbonyl (C=O) groups is 1. The Hall–Kier alpha value is -4.19. The fraction of sp³-hybridized carbons (Fsp3) is 0.323. The van der Waals surface area contributed by atoms with Gasteiger partial charge >= 0.3 is 6.55 Å². The lowest BCUT2D eigenvalue weighted by Crippen LogP contribution is -2.33. The number of anilines is 1. The number of amides is 1. The zero-order chi connectivity index (χ0) is 30.5. The van der Waals surface area contributed by atoms with Crippen molar-refractivity contribution in [2.45, 2.75) is 43.8 Å². The Kier molecular flexibility index (Phi) is 7.49. The van der Waals surface area contributed by atoms with E-state index >= 15 is 4.39 Å². The first kappa shape index (κ1) is 28.9. The fourth-order valence-electron chi connectivity index (χ4n) is 5.46. The van der Waals surface area contributed by atoms with Crippen LogP contribution in [0.15, 0.2) is 46.8 Å². The Balaban J connectivity index is 1.35. The van der Waals surface area contributed by atoms with Crippen molar-refractivity contribution in [1.82, 2.24) is 10.3 Å². The molecular weight excluding hydrogens is 584 g/mol. The smallest absolute Gasteiger partial charge is 0.331 e. The van der Waals surface area contributed by atoms with Gasteiger partial charge in [-0.15, -0.1) is 11.3 Å². The monoisotopic (exact) mass is 612 g/mol. The molecule has 3 N–H and O–H groups in total. The molecule has 2 aromatic heterocycles. The van der Waals surface area contributed by atoms with E-state index in [1.807, 2.05) is 24.4 Å². The van der Waals surface area contributed by atoms with E-state index in [0.717, 1.165) is 11.8 Å². The van der Waals surface area contributed by atoms with E-state index in [1.165, 1.54) is 36.6 Å². The summed E-state index contributed by atoms with van der Waals surface area (Å²) in [5.41, 5.74) is 7.18. The van der Waals surface area contributed by atoms with Crippen molar-refractivity contribution in [3.8, 4) is 22.8 Å². The van der Waals surface area contributed by atoms with Crippen molar-refractivity contribution < 1.29 is 31.8 Å². The molecule has 1 fully saturated rings. The lowest BCUT2D eigenvalue weighted by atomic mass is 9.92. The zero-order valence-corrected chi connectivity index (χ0v) is 24.1. The van der Waals surface area contributed by atoms with Gasteiger partial charge in [-0.2, -0.15) is 8.78 Å². The van der Waals surface area contributed by atoms with Gasteiger partial charge in [-0.05, 0) is 37.1 Å². The van der Waals surface area contributed by atoms with Gasteiger partial charge in [0.05, 0.1) is 30.0 Å². The van der Waals surface area contributed by atoms with Crippen LogP contribution in [0.25, 0.3) is 21.3 Å². The molecule has 1 aliphatic carbocycles. The summed E-state index contributed by atoms with van der Waals surface area (Å²) in [5.74, 6) is -0.957. The summed E-state index contributed by atoms with van der Waals surface area (Å²) in [7, 11) is 1.34. The third-order valence-electron chi connectivity index (χ3n) is 8.00. The van der Waals surface area contributed by atoms with E-state index in [9.17, 15) is 18.0 Å². The van der Waals surface area contributed by atoms with Gasteiger partial charge in [0, 0.05) is 57.4 Å². The summed E-state index contributed by atoms with van der Waals surface area (Å²) in [6, 6.07) is 9.40. The molecule has 7 nitrogen and oxygen atoms in total. The van der Waals surface area contributed by atoms with Crippen LogP contribution in [0, 0.1) is 5.82 Å². The second kappa shape index (κ2) is 11.1. The van der Waals surface area contributed by atoms with Crippen molar-refractivity contribution in [3.05, 3.63) is 70.0 Å². The molecular formula is C31H28F4N4O3S. The van der Waals surface area contributed by atoms with Gasteiger partial charge in [0.15, 0.2) is 0 Å². The number of nitrogen functional groups attached to an aromatic ring is 1. The molecule has 0 spiro atoms. The van der Waals surface area contributed by atoms with E-state index in [4.69, 9.17) is 20.2 Å². The number of alkyl halides is 3. The minimum absolute atomic E-state index is 0.0257. The van der Waals surface area contributed by atoms with E-state index < -0.39 is 24.0 Å². The van der Waals surface area contributed by atoms with Crippen LogP contribution >= 0.6 is 11.3 Å². The van der Waals surface area contributed by atoms with Gasteiger partial charge in [0.1, 0.15) is 28.7 Å². The van der Waals surface area contributed by atoms with Crippen molar-refractivity contribution in [1.29, 1.82) is 0 Å². The first-order chi connectivity index (χ1) is 20.6. The van der Waals surface area contributed by atoms with Crippen molar-refractivity contribution >= 4 is 39.2 Å². The van der Waals surface area contributed by atoms with Crippen LogP contribution in [0.5, 0.6) is 11.5 Å². The molecule has 0 saturated heterocycles. The standard InChI is InChI=1S/C31H28F4N4O3S/c1-15-13-42-27-19(15)10-23(39-26(27)20-14-43-28-18(20)4-3-5-22(28)32)21(31(35)6-7-31)12-37-29(40)16-8-17(11-38-30(33)34)25(36)24(9-16)41-2/h3-5,8-11,14-15,21,30H,6-7,12-13,36H2,1-2H3,(H,37,40)/b38-11+. The van der Waals surface area contributed by atoms with Crippen molar-refractivity contribution in [3.63, 3.8) is 0 Å². The van der Waals surface area contributed by atoms with Crippen LogP contribution < -0.4 is 20.5 Å². The molecule has 0 radical (unpaired) electrons. The summed E-state index contributed by atoms with van der Waals surface area (Å²) in [6.07, 6.45) is 1.50. The summed E-state index contributed by atoms with van der Waals surface area (Å²) >= 11 is 1.26. The van der Waals surface area contributed by atoms with E-state index in [2.05, 4.69) is 10.3 Å². The maximum atomic E-state index is 15.9. The molecule has 2 aliphatic rings. The number of rotatable bonds is 9. The Morgan fingerprint density at radius 3 is 2.84 bits per heavy atom. The van der Waals surface area contributed by atoms with Crippen LogP contribution in [0.3, 0.4) is 0 Å². The van der Waals surface area contributed by atoms with Crippen LogP contribution in [0.2, 0.25) is 0 Å². The average molecular weight is 613 g/mol. The SMILES string of the molecule is COc1cc(C(=O)NCC(c2cc3c(c(-c4csc5c(F)cccc45)n2)OCC3C)C2(F)CC2)cc(/C=N/C(F)F)c1N. The zero-order valence-electron chi connectivity index (χ0n) is 23.3. The summed E-state index contributed by atoms with van der Waals surface area (Å²) < 4.78 is 67.6. The van der Waals surface area contributed by atoms with Gasteiger partial charge in [0.25, 0.3) is 5.91 Å². The summed E-state index contributed by atoms with van der Waals surface area (Å²) in [5, 5.41) is 5.31. The number of pyridine rings is 1. The number of hydrogen-bond donors (Lipinski definition) is 2. The van der Waals surface area contributed by atoms with Crippen molar-refractivity contribution in [2.24, 2.45) is 4.99 Å². The number of benzene rings is 2. The first-order valence-electron chi connectivity index (χ1n) is 13.7. The quantitative estimate of drug-likeness (QED) is 0.0933. The molecule has 12 heteroatoms. The molecule has 43 heavy (non-hydrogen) atoms. The highest BCUT2D eigenvalue weighted by Gasteiger charge is 2.52. The highest BCUT2D eigenvalue weighted by Crippen LogP contribution is 2.52. The predicted molar refractivity (Wildman–Crippen MR) is 158 cm³/mol. The number of nitrogens with zero attached hydrogens (tertiary/aromatic N) is 2. The Bertz CT molecular complexity index is 1750. The number of aliphatic imine (C=N–C) groups is 1. The minimum atomic E-state index is -2.95. The third-order valence-corrected chi connectivity index (χ3v) is 9.00. The van der Waals surface area contributed by atoms with Crippen LogP contribution in [-0.2, 0) is 0 Å². The molecule has 1 saturated carbocycles. The number of methoxy groups -OCH3 is 1. The van der Waals surface area contributed by atoms with Gasteiger partial charge < -0.3 is 20.5 Å². The van der Waals surface area contributed by atoms with Crippen LogP contribution in [0.4, 0.5) is 23.2 Å². The van der Waals surface area contributed by atoms with Gasteiger partial charge in [-0.3, -0.25) is 4.79 Å². The molecule has 4 aromatic rings. The second-order valence-electron chi connectivity index (χ2n) is 10.8. The lowest BCUT2D eigenvalue weighted by molar-refractivity contribution is 0.0943. The van der Waals surface area contributed by atoms with E-state index in [-0.39, 0.29) is 40.8 Å². The Labute approximate surface area is 248 Å². The van der Waals surface area contributed by atoms with E-state index in [1.54, 1.807) is 6.07 Å². The van der Waals surface area contributed by atoms with Crippen LogP contribution in [-0.4, -0.2) is 49.6 Å². The largest absolute Gasteiger partial charge is 0.495 e. The molecule has 0 bridgehead atoms. The number of aromatic nitrogens is 1. The molecule has 224 valence electrons. The fourth-order valence-corrected chi connectivity index (χ4v) is 6.42. The first-order valence-corrected chi connectivity index (χ1v) is 14.6. The van der Waals surface area contributed by atoms with Gasteiger partial charge in [-0.1, -0.05) is 19.1 Å². The molecule has 6 rings (SSSR count). The van der Waals surface area contributed by atoms with Gasteiger partial charge in [-0.25, -0.2) is 18.8 Å². The van der Waals surface area contributed by atoms with E-state index in [0.29, 0.717) is 52.2 Å². The predicted octanol–water partition coefficient (Wildman–Crippen LogP) is 6.85. The topological polar surface area (TPSA) is 98.8 Å². The highest BCUT2D eigenvalue weighted by molar-refractivity contribution is 7.17. The number of nitrogens with one attached hydrogen (secondary N) is 1. The molecule has 3 heterocycles. The minimum Gasteiger partial charge on any atom is -0.495 e. The average Bonchev–Trinajstić information content (AvgIpc) is 3.39. The number of nitrogens with two attached hydrogens (primary N) is 1. The van der Waals surface area contributed by atoms with Crippen molar-refractivity contribution in [2.75, 3.05) is 26.0 Å². The number of thiophene rings is 1. The number of fused-ring (bicyclic) bond motifs is 2. The molecule has 1 amide bonds. The Morgan fingerprint density at radius 1 is 1.33 bits per heavy atom. The maximum absolute atomic E-state index is 15.9. The molecule has 1 aliphatic heterocycles. The number of carbonyl (C=O) groups excluding carboxylic acids is 1. The number of ether oxygens (including phenoxy) is 2. The summed E-state index contributed by atoms with van der Waals surface area (Å²) in [4.78, 5) is 21.2. The molecule has 2 aromatic carbocycles.